The molecule has 5 nitrogen and oxygen atoms in total. The summed E-state index contributed by atoms with van der Waals surface area (Å²) in [4.78, 5) is 6.86. The number of hydrogen-bond acceptors (Lipinski definition) is 5. The van der Waals surface area contributed by atoms with Gasteiger partial charge in [0.05, 0.1) is 0 Å². The van der Waals surface area contributed by atoms with E-state index >= 15 is 0 Å². The van der Waals surface area contributed by atoms with Crippen molar-refractivity contribution in [3.05, 3.63) is 58.9 Å². The van der Waals surface area contributed by atoms with Crippen LogP contribution in [-0.4, -0.2) is 50.8 Å². The third-order valence-corrected chi connectivity index (χ3v) is 6.28. The minimum atomic E-state index is 0.557. The van der Waals surface area contributed by atoms with Gasteiger partial charge in [-0.05, 0) is 68.0 Å². The molecule has 3 aliphatic rings. The Hall–Kier alpha value is -1.95. The second kappa shape index (κ2) is 10.2. The smallest absolute Gasteiger partial charge is 0.0435 e. The predicted molar refractivity (Wildman–Crippen MR) is 121 cm³/mol. The average molecular weight is 394 g/mol. The summed E-state index contributed by atoms with van der Waals surface area (Å²) in [5.41, 5.74) is 7.29. The van der Waals surface area contributed by atoms with E-state index in [0.717, 1.165) is 45.7 Å². The molecule has 0 spiro atoms. The van der Waals surface area contributed by atoms with E-state index in [4.69, 9.17) is 0 Å². The lowest BCUT2D eigenvalue weighted by Crippen LogP contribution is -2.46. The molecule has 1 unspecified atom stereocenters. The summed E-state index contributed by atoms with van der Waals surface area (Å²) >= 11 is 0. The van der Waals surface area contributed by atoms with Crippen molar-refractivity contribution in [3.63, 3.8) is 0 Å². The summed E-state index contributed by atoms with van der Waals surface area (Å²) < 4.78 is 0. The molecule has 1 fully saturated rings. The van der Waals surface area contributed by atoms with Crippen molar-refractivity contribution < 1.29 is 0 Å². The van der Waals surface area contributed by atoms with Crippen molar-refractivity contribution in [1.29, 1.82) is 0 Å². The summed E-state index contributed by atoms with van der Waals surface area (Å²) in [6.07, 6.45) is 8.13. The van der Waals surface area contributed by atoms with Crippen LogP contribution in [-0.2, 0) is 25.8 Å². The number of nitrogens with one attached hydrogen (secondary N) is 3. The van der Waals surface area contributed by atoms with Gasteiger partial charge in [0.1, 0.15) is 0 Å². The molecule has 0 radical (unpaired) electrons. The number of pyridine rings is 1. The number of rotatable bonds is 3. The number of hydrogen-bond donors (Lipinski definition) is 3. The number of anilines is 1. The molecule has 3 heterocycles. The second-order valence-corrected chi connectivity index (χ2v) is 8.31. The molecule has 1 saturated heterocycles. The number of aromatic nitrogens is 1. The van der Waals surface area contributed by atoms with Crippen LogP contribution in [0.4, 0.5) is 5.69 Å². The summed E-state index contributed by atoms with van der Waals surface area (Å²) in [6.45, 7) is 6.49. The van der Waals surface area contributed by atoms with E-state index in [9.17, 15) is 0 Å². The molecule has 2 aromatic rings. The Kier molecular flexibility index (Phi) is 7.14. The van der Waals surface area contributed by atoms with E-state index in [1.807, 2.05) is 19.3 Å². The highest BCUT2D eigenvalue weighted by Gasteiger charge is 2.22. The summed E-state index contributed by atoms with van der Waals surface area (Å²) in [5, 5.41) is 10.3. The van der Waals surface area contributed by atoms with Crippen LogP contribution in [0, 0.1) is 0 Å². The van der Waals surface area contributed by atoms with E-state index in [0.29, 0.717) is 6.04 Å². The first-order valence-electron chi connectivity index (χ1n) is 11.2. The molecule has 5 rings (SSSR count). The zero-order chi connectivity index (χ0) is 19.9. The van der Waals surface area contributed by atoms with Crippen LogP contribution in [0.3, 0.4) is 0 Å². The van der Waals surface area contributed by atoms with Crippen LogP contribution in [0.25, 0.3) is 0 Å². The highest BCUT2D eigenvalue weighted by molar-refractivity contribution is 5.58. The molecule has 0 bridgehead atoms. The number of benzene rings is 1. The molecule has 0 saturated carbocycles. The van der Waals surface area contributed by atoms with Gasteiger partial charge >= 0.3 is 0 Å². The van der Waals surface area contributed by atoms with E-state index in [-0.39, 0.29) is 0 Å². The predicted octanol–water partition coefficient (Wildman–Crippen LogP) is 2.29. The molecule has 1 atom stereocenters. The highest BCUT2D eigenvalue weighted by Crippen LogP contribution is 2.28. The minimum absolute atomic E-state index is 0.557. The zero-order valence-electron chi connectivity index (χ0n) is 17.7. The number of nitrogens with zero attached hydrogens (tertiary/aromatic N) is 2. The molecule has 3 N–H and O–H groups in total. The maximum Gasteiger partial charge on any atom is 0.0435 e. The molecule has 0 amide bonds. The Morgan fingerprint density at radius 1 is 1.07 bits per heavy atom. The van der Waals surface area contributed by atoms with E-state index < -0.39 is 0 Å². The first-order chi connectivity index (χ1) is 14.3. The summed E-state index contributed by atoms with van der Waals surface area (Å²) in [7, 11) is 2.03. The van der Waals surface area contributed by atoms with Gasteiger partial charge in [0.25, 0.3) is 0 Å². The maximum atomic E-state index is 4.32. The van der Waals surface area contributed by atoms with Gasteiger partial charge in [-0.2, -0.15) is 0 Å². The lowest BCUT2D eigenvalue weighted by Gasteiger charge is -2.35. The van der Waals surface area contributed by atoms with E-state index in [1.165, 1.54) is 48.2 Å². The van der Waals surface area contributed by atoms with E-state index in [2.05, 4.69) is 50.1 Å². The fourth-order valence-electron chi connectivity index (χ4n) is 4.72. The largest absolute Gasteiger partial charge is 0.369 e. The maximum absolute atomic E-state index is 4.32. The normalized spacial score (nSPS) is 20.9. The topological polar surface area (TPSA) is 52.2 Å². The molecule has 1 aromatic carbocycles. The fraction of sp³-hybridized carbons (Fsp3) is 0.542. The minimum Gasteiger partial charge on any atom is -0.369 e. The molecule has 2 aliphatic heterocycles. The Balaban J connectivity index is 0.000000171. The lowest BCUT2D eigenvalue weighted by atomic mass is 9.93. The van der Waals surface area contributed by atoms with Crippen LogP contribution in [0.15, 0.2) is 36.5 Å². The lowest BCUT2D eigenvalue weighted by molar-refractivity contribution is 0.461. The quantitative estimate of drug-likeness (QED) is 0.747. The van der Waals surface area contributed by atoms with Crippen LogP contribution in [0.5, 0.6) is 0 Å². The van der Waals surface area contributed by atoms with E-state index in [1.54, 1.807) is 5.56 Å². The van der Waals surface area contributed by atoms with Crippen molar-refractivity contribution in [2.75, 3.05) is 44.7 Å². The van der Waals surface area contributed by atoms with Gasteiger partial charge in [-0.1, -0.05) is 18.2 Å². The Morgan fingerprint density at radius 3 is 2.72 bits per heavy atom. The van der Waals surface area contributed by atoms with Gasteiger partial charge in [-0.25, -0.2) is 0 Å². The standard InChI is InChI=1S/C15H24N4.C9H11N/c1-16-11-13-9-14-12(10-18-13)3-2-4-15(14)19-7-5-17-6-8-19;1-2-6-9-8(4-1)5-3-7-10-9/h2-4,13,16-18H,5-11H2,1H3;3,5,7H,1-2,4,6H2. The Morgan fingerprint density at radius 2 is 1.90 bits per heavy atom. The van der Waals surface area contributed by atoms with Crippen LogP contribution in [0.1, 0.15) is 35.2 Å². The van der Waals surface area contributed by atoms with Gasteiger partial charge in [-0.15, -0.1) is 0 Å². The number of piperazine rings is 1. The van der Waals surface area contributed by atoms with Crippen molar-refractivity contribution in [2.45, 2.75) is 44.7 Å². The van der Waals surface area contributed by atoms with Gasteiger partial charge in [0.15, 0.2) is 0 Å². The average Bonchev–Trinajstić information content (AvgIpc) is 2.80. The number of fused-ring (bicyclic) bond motifs is 2. The van der Waals surface area contributed by atoms with Crippen LogP contribution in [0.2, 0.25) is 0 Å². The molecule has 1 aliphatic carbocycles. The molecular formula is C24H35N5. The van der Waals surface area contributed by atoms with Gasteiger partial charge in [-0.3, -0.25) is 4.98 Å². The van der Waals surface area contributed by atoms with Crippen molar-refractivity contribution in [1.82, 2.24) is 20.9 Å². The molecule has 156 valence electrons. The molecule has 1 aromatic heterocycles. The fourth-order valence-corrected chi connectivity index (χ4v) is 4.72. The summed E-state index contributed by atoms with van der Waals surface area (Å²) in [5.74, 6) is 0. The zero-order valence-corrected chi connectivity index (χ0v) is 17.7. The first kappa shape index (κ1) is 20.3. The molecular weight excluding hydrogens is 358 g/mol. The van der Waals surface area contributed by atoms with Gasteiger partial charge in [0.2, 0.25) is 0 Å². The number of aryl methyl sites for hydroxylation is 2. The molecule has 29 heavy (non-hydrogen) atoms. The van der Waals surface area contributed by atoms with Crippen LogP contribution >= 0.6 is 0 Å². The van der Waals surface area contributed by atoms with Crippen molar-refractivity contribution in [3.8, 4) is 0 Å². The monoisotopic (exact) mass is 393 g/mol. The molecule has 5 heteroatoms. The third-order valence-electron chi connectivity index (χ3n) is 6.28. The van der Waals surface area contributed by atoms with Gasteiger partial charge < -0.3 is 20.9 Å². The van der Waals surface area contributed by atoms with Crippen molar-refractivity contribution >= 4 is 5.69 Å². The van der Waals surface area contributed by atoms with Crippen molar-refractivity contribution in [2.24, 2.45) is 0 Å². The SMILES string of the molecule is CNCC1Cc2c(cccc2N2CCNCC2)CN1.c1cnc2c(c1)CCCC2. The van der Waals surface area contributed by atoms with Gasteiger partial charge in [0, 0.05) is 62.9 Å². The first-order valence-corrected chi connectivity index (χ1v) is 11.2. The highest BCUT2D eigenvalue weighted by atomic mass is 15.2. The Labute approximate surface area is 175 Å². The summed E-state index contributed by atoms with van der Waals surface area (Å²) in [6, 6.07) is 11.6. The second-order valence-electron chi connectivity index (χ2n) is 8.31. The third kappa shape index (κ3) is 5.16. The van der Waals surface area contributed by atoms with Crippen LogP contribution < -0.4 is 20.9 Å². The Bertz CT molecular complexity index is 760. The number of likely N-dealkylation sites (N-methyl/N-ethyl adjacent to an activating group) is 1.